The summed E-state index contributed by atoms with van der Waals surface area (Å²) in [6.07, 6.45) is 2.60. The Kier molecular flexibility index (Phi) is 5.42. The van der Waals surface area contributed by atoms with Gasteiger partial charge in [-0.1, -0.05) is 0 Å². The molecular weight excluding hydrogens is 298 g/mol. The average molecular weight is 311 g/mol. The first kappa shape index (κ1) is 14.9. The van der Waals surface area contributed by atoms with Crippen LogP contribution in [0.15, 0.2) is 29.4 Å². The molecule has 0 unspecified atom stereocenters. The summed E-state index contributed by atoms with van der Waals surface area (Å²) in [7, 11) is 0. The van der Waals surface area contributed by atoms with Gasteiger partial charge in [-0.15, -0.1) is 23.5 Å². The number of hydrazone groups is 1. The van der Waals surface area contributed by atoms with Gasteiger partial charge >= 0.3 is 0 Å². The Balaban J connectivity index is 1.86. The van der Waals surface area contributed by atoms with Gasteiger partial charge in [0.05, 0.1) is 11.1 Å². The number of non-ortho nitro benzene ring substituents is 1. The van der Waals surface area contributed by atoms with E-state index >= 15 is 0 Å². The van der Waals surface area contributed by atoms with Crippen molar-refractivity contribution in [2.45, 2.75) is 11.0 Å². The van der Waals surface area contributed by atoms with Gasteiger partial charge in [0.15, 0.2) is 0 Å². The van der Waals surface area contributed by atoms with Crippen molar-refractivity contribution >= 4 is 41.3 Å². The van der Waals surface area contributed by atoms with E-state index < -0.39 is 4.92 Å². The molecule has 1 heterocycles. The van der Waals surface area contributed by atoms with E-state index in [1.54, 1.807) is 35.7 Å². The lowest BCUT2D eigenvalue weighted by Gasteiger charge is -2.18. The third-order valence-corrected chi connectivity index (χ3v) is 5.43. The summed E-state index contributed by atoms with van der Waals surface area (Å²) in [6.45, 7) is 0. The first-order valence-corrected chi connectivity index (χ1v) is 8.07. The number of hydrogen-bond donors (Lipinski definition) is 1. The smallest absolute Gasteiger partial charge is 0.269 e. The third kappa shape index (κ3) is 4.24. The van der Waals surface area contributed by atoms with Crippen LogP contribution in [0.5, 0.6) is 0 Å². The van der Waals surface area contributed by atoms with Crippen molar-refractivity contribution in [2.24, 2.45) is 5.10 Å². The molecule has 8 heteroatoms. The molecule has 0 aliphatic carbocycles. The minimum atomic E-state index is -0.458. The highest BCUT2D eigenvalue weighted by Gasteiger charge is 2.21. The number of nitro groups is 1. The highest BCUT2D eigenvalue weighted by atomic mass is 32.2. The number of nitrogens with one attached hydrogen (secondary N) is 1. The van der Waals surface area contributed by atoms with Gasteiger partial charge in [-0.25, -0.2) is 5.43 Å². The highest BCUT2D eigenvalue weighted by molar-refractivity contribution is 8.18. The van der Waals surface area contributed by atoms with Crippen LogP contribution in [0.4, 0.5) is 5.69 Å². The van der Waals surface area contributed by atoms with Crippen LogP contribution >= 0.6 is 23.5 Å². The standard InChI is InChI=1S/C12H13N3O3S2/c16-11(12-19-6-1-7-20-12)14-13-8-9-2-4-10(5-3-9)15(17)18/h2-5,8,12H,1,6-7H2,(H,14,16)/b13-8+. The fourth-order valence-corrected chi connectivity index (χ4v) is 4.15. The predicted molar refractivity (Wildman–Crippen MR) is 82.2 cm³/mol. The summed E-state index contributed by atoms with van der Waals surface area (Å²) in [5, 5.41) is 14.4. The van der Waals surface area contributed by atoms with Gasteiger partial charge in [0.25, 0.3) is 11.6 Å². The molecule has 0 radical (unpaired) electrons. The lowest BCUT2D eigenvalue weighted by molar-refractivity contribution is -0.384. The molecule has 0 atom stereocenters. The zero-order chi connectivity index (χ0) is 14.4. The zero-order valence-corrected chi connectivity index (χ0v) is 12.2. The summed E-state index contributed by atoms with van der Waals surface area (Å²) in [6, 6.07) is 5.96. The third-order valence-electron chi connectivity index (χ3n) is 2.53. The fraction of sp³-hybridized carbons (Fsp3) is 0.333. The second kappa shape index (κ2) is 7.30. The molecule has 1 amide bonds. The van der Waals surface area contributed by atoms with Crippen molar-refractivity contribution in [3.8, 4) is 0 Å². The van der Waals surface area contributed by atoms with Crippen molar-refractivity contribution in [3.05, 3.63) is 39.9 Å². The molecule has 0 aromatic heterocycles. The van der Waals surface area contributed by atoms with Crippen LogP contribution in [-0.4, -0.2) is 33.1 Å². The number of amides is 1. The minimum absolute atomic E-state index is 0.0289. The highest BCUT2D eigenvalue weighted by Crippen LogP contribution is 2.30. The molecule has 6 nitrogen and oxygen atoms in total. The summed E-state index contributed by atoms with van der Waals surface area (Å²) < 4.78 is -0.0993. The molecule has 1 saturated heterocycles. The largest absolute Gasteiger partial charge is 0.271 e. The van der Waals surface area contributed by atoms with Gasteiger partial charge in [-0.3, -0.25) is 14.9 Å². The van der Waals surface area contributed by atoms with Crippen molar-refractivity contribution in [1.29, 1.82) is 0 Å². The normalized spacial score (nSPS) is 16.2. The van der Waals surface area contributed by atoms with Gasteiger partial charge in [0.1, 0.15) is 4.58 Å². The van der Waals surface area contributed by atoms with Crippen LogP contribution in [0.2, 0.25) is 0 Å². The van der Waals surface area contributed by atoms with Crippen LogP contribution in [0, 0.1) is 10.1 Å². The Morgan fingerprint density at radius 3 is 2.60 bits per heavy atom. The van der Waals surface area contributed by atoms with E-state index in [4.69, 9.17) is 0 Å². The average Bonchev–Trinajstić information content (AvgIpc) is 2.48. The molecule has 106 valence electrons. The molecule has 0 saturated carbocycles. The minimum Gasteiger partial charge on any atom is -0.271 e. The second-order valence-corrected chi connectivity index (χ2v) is 6.73. The Labute approximate surface area is 124 Å². The van der Waals surface area contributed by atoms with E-state index in [1.807, 2.05) is 0 Å². The van der Waals surface area contributed by atoms with Crippen LogP contribution in [0.25, 0.3) is 0 Å². The van der Waals surface area contributed by atoms with E-state index in [1.165, 1.54) is 18.3 Å². The summed E-state index contributed by atoms with van der Waals surface area (Å²) >= 11 is 3.25. The zero-order valence-electron chi connectivity index (χ0n) is 10.5. The SMILES string of the molecule is O=C(N/N=C/c1ccc([N+](=O)[O-])cc1)C1SCCCS1. The Hall–Kier alpha value is -1.54. The van der Waals surface area contributed by atoms with Gasteiger partial charge in [0.2, 0.25) is 0 Å². The van der Waals surface area contributed by atoms with Crippen molar-refractivity contribution in [2.75, 3.05) is 11.5 Å². The van der Waals surface area contributed by atoms with Gasteiger partial charge in [0, 0.05) is 12.1 Å². The number of benzene rings is 1. The second-order valence-electron chi connectivity index (χ2n) is 4.01. The van der Waals surface area contributed by atoms with Gasteiger partial charge in [-0.05, 0) is 35.6 Å². The van der Waals surface area contributed by atoms with Gasteiger partial charge < -0.3 is 0 Å². The molecule has 1 aromatic carbocycles. The molecule has 1 aromatic rings. The van der Waals surface area contributed by atoms with E-state index in [0.29, 0.717) is 5.56 Å². The number of nitrogens with zero attached hydrogens (tertiary/aromatic N) is 2. The lowest BCUT2D eigenvalue weighted by atomic mass is 10.2. The summed E-state index contributed by atoms with van der Waals surface area (Å²) in [4.78, 5) is 21.8. The van der Waals surface area contributed by atoms with E-state index in [0.717, 1.165) is 17.9 Å². The maximum absolute atomic E-state index is 11.8. The van der Waals surface area contributed by atoms with E-state index in [2.05, 4.69) is 10.5 Å². The summed E-state index contributed by atoms with van der Waals surface area (Å²) in [5.41, 5.74) is 3.22. The number of rotatable bonds is 4. The van der Waals surface area contributed by atoms with Crippen LogP contribution in [-0.2, 0) is 4.79 Å². The molecule has 1 aliphatic rings. The molecule has 1 aliphatic heterocycles. The Morgan fingerprint density at radius 1 is 1.35 bits per heavy atom. The first-order valence-electron chi connectivity index (χ1n) is 5.97. The van der Waals surface area contributed by atoms with Crippen LogP contribution < -0.4 is 5.43 Å². The van der Waals surface area contributed by atoms with E-state index in [9.17, 15) is 14.9 Å². The molecule has 2 rings (SSSR count). The monoisotopic (exact) mass is 311 g/mol. The Bertz CT molecular complexity index is 513. The van der Waals surface area contributed by atoms with Crippen molar-refractivity contribution in [3.63, 3.8) is 0 Å². The summed E-state index contributed by atoms with van der Waals surface area (Å²) in [5.74, 6) is 1.88. The molecule has 0 spiro atoms. The van der Waals surface area contributed by atoms with Crippen LogP contribution in [0.1, 0.15) is 12.0 Å². The van der Waals surface area contributed by atoms with Crippen molar-refractivity contribution < 1.29 is 9.72 Å². The number of hydrogen-bond acceptors (Lipinski definition) is 6. The fourth-order valence-electron chi connectivity index (χ4n) is 1.54. The topological polar surface area (TPSA) is 84.6 Å². The molecule has 0 bridgehead atoms. The van der Waals surface area contributed by atoms with Gasteiger partial charge in [-0.2, -0.15) is 5.10 Å². The van der Waals surface area contributed by atoms with Crippen molar-refractivity contribution in [1.82, 2.24) is 5.43 Å². The maximum atomic E-state index is 11.8. The quantitative estimate of drug-likeness (QED) is 0.523. The maximum Gasteiger partial charge on any atom is 0.269 e. The Morgan fingerprint density at radius 2 is 2.00 bits per heavy atom. The number of carbonyl (C=O) groups is 1. The number of carbonyl (C=O) groups excluding carboxylic acids is 1. The predicted octanol–water partition coefficient (Wildman–Crippen LogP) is 2.24. The molecule has 1 N–H and O–H groups in total. The lowest BCUT2D eigenvalue weighted by Crippen LogP contribution is -2.29. The first-order chi connectivity index (χ1) is 9.66. The van der Waals surface area contributed by atoms with E-state index in [-0.39, 0.29) is 16.2 Å². The molecule has 20 heavy (non-hydrogen) atoms. The number of thioether (sulfide) groups is 2. The van der Waals surface area contributed by atoms with Crippen LogP contribution in [0.3, 0.4) is 0 Å². The molecule has 1 fully saturated rings. The molecular formula is C12H13N3O3S2. The number of nitro benzene ring substituents is 1.